The molecule has 178 valence electrons. The van der Waals surface area contributed by atoms with Crippen molar-refractivity contribution in [3.8, 4) is 0 Å². The molecule has 3 amide bonds. The number of thioether (sulfide) groups is 1. The number of carboxylic acids is 2. The summed E-state index contributed by atoms with van der Waals surface area (Å²) in [7, 11) is 0. The van der Waals surface area contributed by atoms with E-state index in [9.17, 15) is 29.1 Å². The number of amides is 3. The number of hydrogen-bond donors (Lipinski definition) is 7. The predicted octanol–water partition coefficient (Wildman–Crippen LogP) is -1.77. The van der Waals surface area contributed by atoms with Crippen molar-refractivity contribution in [3.63, 3.8) is 0 Å². The summed E-state index contributed by atoms with van der Waals surface area (Å²) in [5.41, 5.74) is 10.9. The van der Waals surface area contributed by atoms with Gasteiger partial charge in [-0.15, -0.1) is 0 Å². The molecule has 0 aromatic rings. The SMILES string of the molecule is CSCCC(NC(=O)C(C)NC(=O)C(N)CC(=O)O)C(=O)NC(CCCCN)C(=O)O. The smallest absolute Gasteiger partial charge is 0.326 e. The fraction of sp³-hybridized carbons (Fsp3) is 0.722. The van der Waals surface area contributed by atoms with Gasteiger partial charge in [0.2, 0.25) is 17.7 Å². The Morgan fingerprint density at radius 1 is 0.903 bits per heavy atom. The van der Waals surface area contributed by atoms with Gasteiger partial charge in [0.25, 0.3) is 0 Å². The highest BCUT2D eigenvalue weighted by atomic mass is 32.2. The van der Waals surface area contributed by atoms with Crippen molar-refractivity contribution in [2.45, 2.75) is 63.2 Å². The highest BCUT2D eigenvalue weighted by Crippen LogP contribution is 2.05. The van der Waals surface area contributed by atoms with Crippen molar-refractivity contribution in [1.82, 2.24) is 16.0 Å². The molecule has 0 aliphatic heterocycles. The number of rotatable bonds is 16. The van der Waals surface area contributed by atoms with Crippen LogP contribution in [0.2, 0.25) is 0 Å². The van der Waals surface area contributed by atoms with E-state index >= 15 is 0 Å². The number of hydrogen-bond acceptors (Lipinski definition) is 8. The molecule has 4 atom stereocenters. The maximum Gasteiger partial charge on any atom is 0.326 e. The van der Waals surface area contributed by atoms with Gasteiger partial charge >= 0.3 is 11.9 Å². The van der Waals surface area contributed by atoms with Gasteiger partial charge in [0.05, 0.1) is 12.5 Å². The lowest BCUT2D eigenvalue weighted by Gasteiger charge is -2.23. The highest BCUT2D eigenvalue weighted by molar-refractivity contribution is 7.98. The van der Waals surface area contributed by atoms with Gasteiger partial charge in [-0.1, -0.05) is 0 Å². The lowest BCUT2D eigenvalue weighted by Crippen LogP contribution is -2.56. The van der Waals surface area contributed by atoms with Crippen molar-refractivity contribution >= 4 is 41.4 Å². The normalized spacial score (nSPS) is 14.6. The second-order valence-corrected chi connectivity index (χ2v) is 7.95. The van der Waals surface area contributed by atoms with E-state index in [1.165, 1.54) is 18.7 Å². The average molecular weight is 464 g/mol. The van der Waals surface area contributed by atoms with Crippen molar-refractivity contribution in [2.24, 2.45) is 11.5 Å². The molecule has 0 aromatic heterocycles. The molecule has 0 saturated carbocycles. The lowest BCUT2D eigenvalue weighted by atomic mass is 10.1. The first kappa shape index (κ1) is 28.6. The van der Waals surface area contributed by atoms with E-state index in [0.29, 0.717) is 25.1 Å². The molecule has 0 rings (SSSR count). The molecular weight excluding hydrogens is 430 g/mol. The average Bonchev–Trinajstić information content (AvgIpc) is 2.69. The molecule has 0 heterocycles. The Morgan fingerprint density at radius 3 is 2.03 bits per heavy atom. The molecule has 0 fully saturated rings. The van der Waals surface area contributed by atoms with E-state index in [1.54, 1.807) is 0 Å². The summed E-state index contributed by atoms with van der Waals surface area (Å²) in [5, 5.41) is 25.2. The van der Waals surface area contributed by atoms with Crippen LogP contribution in [0.15, 0.2) is 0 Å². The number of aliphatic carboxylic acids is 2. The summed E-state index contributed by atoms with van der Waals surface area (Å²) in [4.78, 5) is 59.0. The largest absolute Gasteiger partial charge is 0.481 e. The van der Waals surface area contributed by atoms with E-state index in [-0.39, 0.29) is 12.8 Å². The molecule has 0 spiro atoms. The summed E-state index contributed by atoms with van der Waals surface area (Å²) in [5.74, 6) is -4.08. The molecule has 13 heteroatoms. The zero-order valence-corrected chi connectivity index (χ0v) is 18.6. The van der Waals surface area contributed by atoms with Crippen LogP contribution in [-0.2, 0) is 24.0 Å². The highest BCUT2D eigenvalue weighted by Gasteiger charge is 2.28. The number of carbonyl (C=O) groups excluding carboxylic acids is 3. The molecule has 0 radical (unpaired) electrons. The molecule has 0 saturated heterocycles. The molecular formula is C18H33N5O7S. The molecule has 31 heavy (non-hydrogen) atoms. The minimum Gasteiger partial charge on any atom is -0.481 e. The number of carboxylic acid groups (broad SMARTS) is 2. The lowest BCUT2D eigenvalue weighted by molar-refractivity contribution is -0.142. The fourth-order valence-electron chi connectivity index (χ4n) is 2.49. The monoisotopic (exact) mass is 463 g/mol. The van der Waals surface area contributed by atoms with Crippen molar-refractivity contribution < 1.29 is 34.2 Å². The van der Waals surface area contributed by atoms with Crippen LogP contribution in [-0.4, -0.2) is 82.6 Å². The minimum atomic E-state index is -1.33. The Kier molecular flexibility index (Phi) is 14.2. The van der Waals surface area contributed by atoms with Gasteiger partial charge in [-0.2, -0.15) is 11.8 Å². The number of nitrogens with one attached hydrogen (secondary N) is 3. The third-order valence-corrected chi connectivity index (χ3v) is 4.93. The Morgan fingerprint density at radius 2 is 1.52 bits per heavy atom. The summed E-state index contributed by atoms with van der Waals surface area (Å²) in [6, 6.07) is -4.54. The quantitative estimate of drug-likeness (QED) is 0.128. The van der Waals surface area contributed by atoms with Gasteiger partial charge < -0.3 is 37.6 Å². The third-order valence-electron chi connectivity index (χ3n) is 4.29. The van der Waals surface area contributed by atoms with E-state index in [4.69, 9.17) is 16.6 Å². The van der Waals surface area contributed by atoms with Crippen molar-refractivity contribution in [2.75, 3.05) is 18.6 Å². The van der Waals surface area contributed by atoms with Gasteiger partial charge in [-0.3, -0.25) is 19.2 Å². The van der Waals surface area contributed by atoms with Crippen LogP contribution in [0.25, 0.3) is 0 Å². The first-order valence-electron chi connectivity index (χ1n) is 9.83. The van der Waals surface area contributed by atoms with Crippen LogP contribution in [0.3, 0.4) is 0 Å². The molecule has 0 aliphatic rings. The molecule has 0 aromatic carbocycles. The molecule has 0 bridgehead atoms. The Labute approximate surface area is 185 Å². The van der Waals surface area contributed by atoms with Gasteiger partial charge in [0, 0.05) is 0 Å². The summed E-state index contributed by atoms with van der Waals surface area (Å²) in [6.07, 6.45) is 2.81. The Hall–Kier alpha value is -2.38. The molecule has 12 nitrogen and oxygen atoms in total. The van der Waals surface area contributed by atoms with Gasteiger partial charge in [0.15, 0.2) is 0 Å². The summed E-state index contributed by atoms with van der Waals surface area (Å²) >= 11 is 1.44. The molecule has 9 N–H and O–H groups in total. The van der Waals surface area contributed by atoms with Gasteiger partial charge in [-0.05, 0) is 51.2 Å². The van der Waals surface area contributed by atoms with Gasteiger partial charge in [0.1, 0.15) is 18.1 Å². The Balaban J connectivity index is 5.02. The summed E-state index contributed by atoms with van der Waals surface area (Å²) in [6.45, 7) is 1.77. The van der Waals surface area contributed by atoms with Gasteiger partial charge in [-0.25, -0.2) is 4.79 Å². The third kappa shape index (κ3) is 12.2. The van der Waals surface area contributed by atoms with E-state index in [1.807, 2.05) is 6.26 Å². The van der Waals surface area contributed by atoms with Crippen LogP contribution in [0.5, 0.6) is 0 Å². The summed E-state index contributed by atoms with van der Waals surface area (Å²) < 4.78 is 0. The van der Waals surface area contributed by atoms with Crippen molar-refractivity contribution in [3.05, 3.63) is 0 Å². The molecule has 0 aliphatic carbocycles. The zero-order valence-electron chi connectivity index (χ0n) is 17.8. The maximum absolute atomic E-state index is 12.6. The predicted molar refractivity (Wildman–Crippen MR) is 115 cm³/mol. The Bertz CT molecular complexity index is 634. The number of unbranched alkanes of at least 4 members (excludes halogenated alkanes) is 1. The van der Waals surface area contributed by atoms with Crippen LogP contribution in [0, 0.1) is 0 Å². The molecule has 4 unspecified atom stereocenters. The van der Waals surface area contributed by atoms with Crippen molar-refractivity contribution in [1.29, 1.82) is 0 Å². The number of nitrogens with two attached hydrogens (primary N) is 2. The number of carbonyl (C=O) groups is 5. The van der Waals surface area contributed by atoms with Crippen LogP contribution < -0.4 is 27.4 Å². The standard InChI is InChI=1S/C18H33N5O7S/c1-10(21-16(27)11(20)9-14(24)25)15(26)22-12(6-8-31-2)17(28)23-13(18(29)30)5-3-4-7-19/h10-13H,3-9,19-20H2,1-2H3,(H,21,27)(H,22,26)(H,23,28)(H,24,25)(H,29,30). The van der Waals surface area contributed by atoms with E-state index < -0.39 is 60.2 Å². The maximum atomic E-state index is 12.6. The fourth-order valence-corrected chi connectivity index (χ4v) is 2.96. The zero-order chi connectivity index (χ0) is 24.0. The second-order valence-electron chi connectivity index (χ2n) is 6.96. The first-order valence-corrected chi connectivity index (χ1v) is 11.2. The van der Waals surface area contributed by atoms with E-state index in [0.717, 1.165) is 0 Å². The van der Waals surface area contributed by atoms with Crippen LogP contribution in [0.4, 0.5) is 0 Å². The topological polar surface area (TPSA) is 214 Å². The van der Waals surface area contributed by atoms with Crippen LogP contribution in [0.1, 0.15) is 39.0 Å². The minimum absolute atomic E-state index is 0.204. The van der Waals surface area contributed by atoms with Crippen LogP contribution >= 0.6 is 11.8 Å². The van der Waals surface area contributed by atoms with E-state index in [2.05, 4.69) is 16.0 Å². The first-order chi connectivity index (χ1) is 14.5. The second kappa shape index (κ2) is 15.4.